The first kappa shape index (κ1) is 20.4. The quantitative estimate of drug-likeness (QED) is 0.379. The normalized spacial score (nSPS) is 15.6. The Kier molecular flexibility index (Phi) is 5.83. The Morgan fingerprint density at radius 1 is 1.32 bits per heavy atom. The molecular formula is C22H22N4O5. The van der Waals surface area contributed by atoms with E-state index in [0.717, 1.165) is 11.4 Å². The van der Waals surface area contributed by atoms with E-state index in [1.54, 1.807) is 24.4 Å². The van der Waals surface area contributed by atoms with E-state index in [0.29, 0.717) is 48.1 Å². The Balaban J connectivity index is 1.65. The Morgan fingerprint density at radius 2 is 2.19 bits per heavy atom. The van der Waals surface area contributed by atoms with E-state index in [2.05, 4.69) is 15.3 Å². The van der Waals surface area contributed by atoms with Gasteiger partial charge in [-0.3, -0.25) is 19.6 Å². The summed E-state index contributed by atoms with van der Waals surface area (Å²) < 4.78 is 11.4. The maximum absolute atomic E-state index is 12.7. The monoisotopic (exact) mass is 422 g/mol. The van der Waals surface area contributed by atoms with Crippen LogP contribution in [0, 0.1) is 0 Å². The van der Waals surface area contributed by atoms with Crippen LogP contribution in [0.25, 0.3) is 0 Å². The minimum atomic E-state index is -0.866. The summed E-state index contributed by atoms with van der Waals surface area (Å²) in [5.74, 6) is 1.28. The van der Waals surface area contributed by atoms with Gasteiger partial charge in [0.15, 0.2) is 17.3 Å². The van der Waals surface area contributed by atoms with Gasteiger partial charge >= 0.3 is 5.97 Å². The van der Waals surface area contributed by atoms with Crippen molar-refractivity contribution in [3.05, 3.63) is 59.7 Å². The maximum atomic E-state index is 12.7. The van der Waals surface area contributed by atoms with E-state index in [-0.39, 0.29) is 18.8 Å². The molecule has 2 aliphatic rings. The van der Waals surface area contributed by atoms with Crippen LogP contribution in [0.3, 0.4) is 0 Å². The van der Waals surface area contributed by atoms with Crippen LogP contribution >= 0.6 is 0 Å². The number of carboxylic acids is 1. The highest BCUT2D eigenvalue weighted by Gasteiger charge is 2.33. The van der Waals surface area contributed by atoms with E-state index in [4.69, 9.17) is 14.6 Å². The number of ketones is 1. The summed E-state index contributed by atoms with van der Waals surface area (Å²) in [6.45, 7) is 1.52. The number of anilines is 1. The molecule has 0 bridgehead atoms. The average Bonchev–Trinajstić information content (AvgIpc) is 3.27. The average molecular weight is 422 g/mol. The second kappa shape index (κ2) is 8.86. The molecule has 0 saturated heterocycles. The van der Waals surface area contributed by atoms with Crippen molar-refractivity contribution in [2.24, 2.45) is 4.99 Å². The number of rotatable bonds is 8. The summed E-state index contributed by atoms with van der Waals surface area (Å²) >= 11 is 0. The summed E-state index contributed by atoms with van der Waals surface area (Å²) in [6, 6.07) is 7.10. The Hall–Kier alpha value is -3.88. The zero-order valence-corrected chi connectivity index (χ0v) is 17.0. The number of nitrogens with zero attached hydrogens (tertiary/aromatic N) is 3. The molecule has 0 saturated carbocycles. The van der Waals surface area contributed by atoms with Gasteiger partial charge in [-0.1, -0.05) is 0 Å². The Bertz CT molecular complexity index is 1070. The molecule has 2 aromatic rings. The minimum Gasteiger partial charge on any atom is -0.491 e. The van der Waals surface area contributed by atoms with Crippen molar-refractivity contribution >= 4 is 23.3 Å². The molecule has 4 rings (SSSR count). The van der Waals surface area contributed by atoms with Gasteiger partial charge in [-0.25, -0.2) is 0 Å². The summed E-state index contributed by atoms with van der Waals surface area (Å²) in [5, 5.41) is 12.1. The molecule has 160 valence electrons. The molecule has 0 aliphatic carbocycles. The number of methoxy groups -OCH3 is 1. The van der Waals surface area contributed by atoms with Gasteiger partial charge in [0.1, 0.15) is 11.7 Å². The molecule has 9 heteroatoms. The summed E-state index contributed by atoms with van der Waals surface area (Å²) in [4.78, 5) is 34.0. The lowest BCUT2D eigenvalue weighted by Crippen LogP contribution is -2.36. The highest BCUT2D eigenvalue weighted by atomic mass is 16.5. The molecule has 0 fully saturated rings. The van der Waals surface area contributed by atoms with E-state index in [1.165, 1.54) is 19.4 Å². The van der Waals surface area contributed by atoms with Crippen molar-refractivity contribution in [1.29, 1.82) is 0 Å². The second-order valence-corrected chi connectivity index (χ2v) is 6.98. The van der Waals surface area contributed by atoms with Crippen molar-refractivity contribution in [2.45, 2.75) is 12.8 Å². The fourth-order valence-corrected chi connectivity index (χ4v) is 3.53. The summed E-state index contributed by atoms with van der Waals surface area (Å²) in [5.41, 5.74) is 1.99. The van der Waals surface area contributed by atoms with Crippen LogP contribution in [0.15, 0.2) is 53.5 Å². The number of aliphatic imine (C=N–C) groups is 1. The van der Waals surface area contributed by atoms with Gasteiger partial charge in [-0.15, -0.1) is 0 Å². The van der Waals surface area contributed by atoms with Crippen molar-refractivity contribution in [2.75, 3.05) is 32.1 Å². The van der Waals surface area contributed by atoms with Crippen LogP contribution in [-0.4, -0.2) is 59.4 Å². The molecule has 9 nitrogen and oxygen atoms in total. The van der Waals surface area contributed by atoms with Crippen LogP contribution in [0.5, 0.6) is 11.5 Å². The van der Waals surface area contributed by atoms with Crippen molar-refractivity contribution in [3.8, 4) is 11.5 Å². The van der Waals surface area contributed by atoms with Gasteiger partial charge in [0.2, 0.25) is 0 Å². The number of hydrogen-bond donors (Lipinski definition) is 2. The van der Waals surface area contributed by atoms with Crippen LogP contribution in [0.4, 0.5) is 5.69 Å². The SMILES string of the molecule is COc1c(OCCCC(=O)O)ccc2c1N/C(=C/C(=O)c1cccnc1)N1CCN=C21. The Labute approximate surface area is 179 Å². The topological polar surface area (TPSA) is 113 Å². The molecule has 0 spiro atoms. The van der Waals surface area contributed by atoms with Gasteiger partial charge in [0.05, 0.1) is 25.9 Å². The first-order valence-electron chi connectivity index (χ1n) is 9.89. The lowest BCUT2D eigenvalue weighted by atomic mass is 10.1. The number of pyridine rings is 1. The number of aliphatic carboxylic acids is 1. The number of aromatic nitrogens is 1. The highest BCUT2D eigenvalue weighted by molar-refractivity contribution is 6.11. The number of carbonyl (C=O) groups is 2. The van der Waals surface area contributed by atoms with Gasteiger partial charge < -0.3 is 24.8 Å². The number of allylic oxidation sites excluding steroid dienone is 1. The number of carbonyl (C=O) groups excluding carboxylic acids is 1. The van der Waals surface area contributed by atoms with Crippen molar-refractivity contribution in [3.63, 3.8) is 0 Å². The van der Waals surface area contributed by atoms with Gasteiger partial charge in [-0.05, 0) is 30.7 Å². The molecule has 0 radical (unpaired) electrons. The third-order valence-electron chi connectivity index (χ3n) is 4.96. The molecule has 31 heavy (non-hydrogen) atoms. The molecule has 0 amide bonds. The van der Waals surface area contributed by atoms with E-state index in [9.17, 15) is 9.59 Å². The number of fused-ring (bicyclic) bond motifs is 3. The van der Waals surface area contributed by atoms with Crippen LogP contribution in [-0.2, 0) is 4.79 Å². The fourth-order valence-electron chi connectivity index (χ4n) is 3.53. The van der Waals surface area contributed by atoms with Gasteiger partial charge in [-0.2, -0.15) is 0 Å². The molecule has 2 N–H and O–H groups in total. The predicted octanol–water partition coefficient (Wildman–Crippen LogP) is 2.55. The van der Waals surface area contributed by atoms with E-state index < -0.39 is 5.97 Å². The Morgan fingerprint density at radius 3 is 2.94 bits per heavy atom. The van der Waals surface area contributed by atoms with Gasteiger partial charge in [0.25, 0.3) is 0 Å². The first-order chi connectivity index (χ1) is 15.1. The molecular weight excluding hydrogens is 400 g/mol. The largest absolute Gasteiger partial charge is 0.491 e. The fraction of sp³-hybridized carbons (Fsp3) is 0.273. The number of carboxylic acid groups (broad SMARTS) is 1. The summed E-state index contributed by atoms with van der Waals surface area (Å²) in [6.07, 6.45) is 5.08. The maximum Gasteiger partial charge on any atom is 0.303 e. The molecule has 0 unspecified atom stereocenters. The van der Waals surface area contributed by atoms with E-state index >= 15 is 0 Å². The number of amidine groups is 1. The number of ether oxygens (including phenoxy) is 2. The van der Waals surface area contributed by atoms with E-state index in [1.807, 2.05) is 11.0 Å². The highest BCUT2D eigenvalue weighted by Crippen LogP contribution is 2.43. The van der Waals surface area contributed by atoms with Crippen LogP contribution in [0.2, 0.25) is 0 Å². The zero-order valence-electron chi connectivity index (χ0n) is 17.0. The molecule has 3 heterocycles. The standard InChI is InChI=1S/C22H22N4O5/c1-30-21-17(31-11-3-5-19(28)29)7-6-15-20(21)25-18(26-10-9-24-22(15)26)12-16(27)14-4-2-8-23-13-14/h2,4,6-8,12-13,25H,3,5,9-11H2,1H3,(H,28,29)/b18-12-. The number of benzene rings is 1. The summed E-state index contributed by atoms with van der Waals surface area (Å²) in [7, 11) is 1.54. The lowest BCUT2D eigenvalue weighted by molar-refractivity contribution is -0.137. The van der Waals surface area contributed by atoms with Crippen molar-refractivity contribution < 1.29 is 24.2 Å². The smallest absolute Gasteiger partial charge is 0.303 e. The number of nitrogens with one attached hydrogen (secondary N) is 1. The molecule has 1 aromatic heterocycles. The number of hydrogen-bond acceptors (Lipinski definition) is 8. The minimum absolute atomic E-state index is 0.0284. The lowest BCUT2D eigenvalue weighted by Gasteiger charge is -2.32. The first-order valence-corrected chi connectivity index (χ1v) is 9.89. The third kappa shape index (κ3) is 4.20. The van der Waals surface area contributed by atoms with Gasteiger partial charge in [0, 0.05) is 42.6 Å². The third-order valence-corrected chi connectivity index (χ3v) is 4.96. The predicted molar refractivity (Wildman–Crippen MR) is 114 cm³/mol. The second-order valence-electron chi connectivity index (χ2n) is 6.98. The zero-order chi connectivity index (χ0) is 21.8. The van der Waals surface area contributed by atoms with Crippen LogP contribution in [0.1, 0.15) is 28.8 Å². The van der Waals surface area contributed by atoms with Crippen LogP contribution < -0.4 is 14.8 Å². The molecule has 2 aliphatic heterocycles. The molecule has 1 aromatic carbocycles. The molecule has 0 atom stereocenters. The van der Waals surface area contributed by atoms with Crippen molar-refractivity contribution in [1.82, 2.24) is 9.88 Å².